The molecule has 0 bridgehead atoms. The highest BCUT2D eigenvalue weighted by Crippen LogP contribution is 2.33. The Kier molecular flexibility index (Phi) is 5.34. The van der Waals surface area contributed by atoms with Gasteiger partial charge < -0.3 is 9.30 Å². The van der Waals surface area contributed by atoms with Gasteiger partial charge in [0.25, 0.3) is 0 Å². The lowest BCUT2D eigenvalue weighted by Crippen LogP contribution is -2.01. The van der Waals surface area contributed by atoms with E-state index in [0.29, 0.717) is 6.61 Å². The number of para-hydroxylation sites is 1. The number of hydrogen-bond donors (Lipinski definition) is 0. The van der Waals surface area contributed by atoms with Crippen molar-refractivity contribution in [2.24, 2.45) is 7.05 Å². The summed E-state index contributed by atoms with van der Waals surface area (Å²) in [6.45, 7) is 2.55. The minimum atomic E-state index is -0.291. The van der Waals surface area contributed by atoms with Crippen molar-refractivity contribution in [3.05, 3.63) is 66.2 Å². The topological polar surface area (TPSA) is 31.2 Å². The molecule has 0 spiro atoms. The minimum Gasteiger partial charge on any atom is -0.463 e. The molecular formula is C22H23NO2. The number of esters is 1. The van der Waals surface area contributed by atoms with Crippen molar-refractivity contribution in [3.8, 4) is 11.3 Å². The second-order valence-electron chi connectivity index (χ2n) is 6.06. The van der Waals surface area contributed by atoms with Crippen LogP contribution in [0.3, 0.4) is 0 Å². The summed E-state index contributed by atoms with van der Waals surface area (Å²) in [4.78, 5) is 12.0. The Morgan fingerprint density at radius 2 is 1.80 bits per heavy atom. The molecular weight excluding hydrogens is 310 g/mol. The number of aromatic nitrogens is 1. The molecule has 0 aliphatic heterocycles. The molecule has 0 saturated carbocycles. The summed E-state index contributed by atoms with van der Waals surface area (Å²) in [6, 6.07) is 18.5. The van der Waals surface area contributed by atoms with E-state index in [0.717, 1.165) is 40.6 Å². The summed E-state index contributed by atoms with van der Waals surface area (Å²) in [7, 11) is 2.06. The first-order valence-corrected chi connectivity index (χ1v) is 8.70. The summed E-state index contributed by atoms with van der Waals surface area (Å²) in [5.41, 5.74) is 4.40. The minimum absolute atomic E-state index is 0.291. The Morgan fingerprint density at radius 1 is 1.08 bits per heavy atom. The molecule has 0 atom stereocenters. The van der Waals surface area contributed by atoms with Crippen molar-refractivity contribution in [3.63, 3.8) is 0 Å². The fourth-order valence-electron chi connectivity index (χ4n) is 3.05. The van der Waals surface area contributed by atoms with Gasteiger partial charge >= 0.3 is 5.97 Å². The van der Waals surface area contributed by atoms with Gasteiger partial charge in [0.2, 0.25) is 0 Å². The first kappa shape index (κ1) is 17.0. The Bertz CT molecular complexity index is 891. The van der Waals surface area contributed by atoms with Gasteiger partial charge in [0.1, 0.15) is 0 Å². The van der Waals surface area contributed by atoms with Crippen LogP contribution in [0.15, 0.2) is 60.7 Å². The number of hydrogen-bond acceptors (Lipinski definition) is 2. The number of aryl methyl sites for hydroxylation is 1. The second kappa shape index (κ2) is 7.84. The SMILES string of the molecule is CCCCOC(=O)/C=C/c1c(-c2ccccc2)n(C)c2ccccc12. The lowest BCUT2D eigenvalue weighted by molar-refractivity contribution is -0.137. The van der Waals surface area contributed by atoms with Crippen LogP contribution >= 0.6 is 0 Å². The van der Waals surface area contributed by atoms with Gasteiger partial charge in [-0.3, -0.25) is 0 Å². The zero-order valence-electron chi connectivity index (χ0n) is 14.7. The van der Waals surface area contributed by atoms with Gasteiger partial charge in [-0.1, -0.05) is 61.9 Å². The molecule has 25 heavy (non-hydrogen) atoms. The largest absolute Gasteiger partial charge is 0.463 e. The van der Waals surface area contributed by atoms with Gasteiger partial charge in [-0.15, -0.1) is 0 Å². The highest BCUT2D eigenvalue weighted by molar-refractivity contribution is 6.00. The van der Waals surface area contributed by atoms with Crippen LogP contribution in [0.5, 0.6) is 0 Å². The predicted molar refractivity (Wildman–Crippen MR) is 103 cm³/mol. The number of nitrogens with zero attached hydrogens (tertiary/aromatic N) is 1. The van der Waals surface area contributed by atoms with E-state index in [2.05, 4.69) is 42.8 Å². The Morgan fingerprint density at radius 3 is 2.56 bits per heavy atom. The van der Waals surface area contributed by atoms with Crippen LogP contribution in [0.4, 0.5) is 0 Å². The van der Waals surface area contributed by atoms with Gasteiger partial charge in [0.05, 0.1) is 12.3 Å². The van der Waals surface area contributed by atoms with Crippen molar-refractivity contribution >= 4 is 22.9 Å². The lowest BCUT2D eigenvalue weighted by Gasteiger charge is -2.06. The molecule has 0 fully saturated rings. The highest BCUT2D eigenvalue weighted by Gasteiger charge is 2.14. The van der Waals surface area contributed by atoms with Crippen LogP contribution in [-0.4, -0.2) is 17.1 Å². The summed E-state index contributed by atoms with van der Waals surface area (Å²) >= 11 is 0. The maximum Gasteiger partial charge on any atom is 0.330 e. The fourth-order valence-corrected chi connectivity index (χ4v) is 3.05. The Hall–Kier alpha value is -2.81. The van der Waals surface area contributed by atoms with E-state index in [1.54, 1.807) is 0 Å². The smallest absolute Gasteiger partial charge is 0.330 e. The van der Waals surface area contributed by atoms with Gasteiger partial charge in [-0.05, 0) is 24.1 Å². The molecule has 128 valence electrons. The standard InChI is InChI=1S/C22H23NO2/c1-3-4-16-25-21(24)15-14-19-18-12-8-9-13-20(18)23(2)22(19)17-10-6-5-7-11-17/h5-15H,3-4,16H2,1-2H3/b15-14+. The molecule has 0 aliphatic rings. The molecule has 3 rings (SSSR count). The number of fused-ring (bicyclic) bond motifs is 1. The third-order valence-electron chi connectivity index (χ3n) is 4.32. The fraction of sp³-hybridized carbons (Fsp3) is 0.227. The summed E-state index contributed by atoms with van der Waals surface area (Å²) in [5, 5.41) is 1.13. The molecule has 3 aromatic rings. The molecule has 2 aromatic carbocycles. The average Bonchev–Trinajstić information content (AvgIpc) is 2.93. The quantitative estimate of drug-likeness (QED) is 0.352. The van der Waals surface area contributed by atoms with Gasteiger partial charge in [-0.25, -0.2) is 4.79 Å². The van der Waals surface area contributed by atoms with Crippen molar-refractivity contribution in [1.82, 2.24) is 4.57 Å². The van der Waals surface area contributed by atoms with Crippen molar-refractivity contribution in [2.45, 2.75) is 19.8 Å². The summed E-state index contributed by atoms with van der Waals surface area (Å²) < 4.78 is 7.41. The van der Waals surface area contributed by atoms with Crippen LogP contribution < -0.4 is 0 Å². The monoisotopic (exact) mass is 333 g/mol. The van der Waals surface area contributed by atoms with E-state index in [-0.39, 0.29) is 5.97 Å². The van der Waals surface area contributed by atoms with Crippen LogP contribution in [-0.2, 0) is 16.6 Å². The number of carbonyl (C=O) groups excluding carboxylic acids is 1. The van der Waals surface area contributed by atoms with E-state index in [1.165, 1.54) is 6.08 Å². The molecule has 0 unspecified atom stereocenters. The van der Waals surface area contributed by atoms with E-state index in [4.69, 9.17) is 4.74 Å². The summed E-state index contributed by atoms with van der Waals surface area (Å²) in [5.74, 6) is -0.291. The van der Waals surface area contributed by atoms with Gasteiger partial charge in [0.15, 0.2) is 0 Å². The van der Waals surface area contributed by atoms with E-state index < -0.39 is 0 Å². The molecule has 3 heteroatoms. The van der Waals surface area contributed by atoms with Crippen LogP contribution in [0.1, 0.15) is 25.3 Å². The molecule has 1 aromatic heterocycles. The first-order chi connectivity index (χ1) is 12.2. The molecule has 0 aliphatic carbocycles. The van der Waals surface area contributed by atoms with Gasteiger partial charge in [-0.2, -0.15) is 0 Å². The second-order valence-corrected chi connectivity index (χ2v) is 6.06. The molecule has 0 saturated heterocycles. The Balaban J connectivity index is 2.03. The molecule has 1 heterocycles. The first-order valence-electron chi connectivity index (χ1n) is 8.70. The van der Waals surface area contributed by atoms with E-state index in [1.807, 2.05) is 36.4 Å². The third kappa shape index (κ3) is 3.66. The van der Waals surface area contributed by atoms with Crippen molar-refractivity contribution < 1.29 is 9.53 Å². The van der Waals surface area contributed by atoms with Gasteiger partial charge in [0, 0.05) is 29.6 Å². The maximum absolute atomic E-state index is 12.0. The average molecular weight is 333 g/mol. The third-order valence-corrected chi connectivity index (χ3v) is 4.32. The zero-order valence-corrected chi connectivity index (χ0v) is 14.7. The molecule has 0 radical (unpaired) electrons. The van der Waals surface area contributed by atoms with Crippen LogP contribution in [0.25, 0.3) is 28.2 Å². The lowest BCUT2D eigenvalue weighted by atomic mass is 10.0. The molecule has 0 N–H and O–H groups in total. The zero-order chi connectivity index (χ0) is 17.6. The predicted octanol–water partition coefficient (Wildman–Crippen LogP) is 5.20. The van der Waals surface area contributed by atoms with E-state index in [9.17, 15) is 4.79 Å². The van der Waals surface area contributed by atoms with Crippen molar-refractivity contribution in [2.75, 3.05) is 6.61 Å². The number of ether oxygens (including phenoxy) is 1. The number of rotatable bonds is 6. The highest BCUT2D eigenvalue weighted by atomic mass is 16.5. The number of carbonyl (C=O) groups is 1. The van der Waals surface area contributed by atoms with Crippen LogP contribution in [0.2, 0.25) is 0 Å². The molecule has 3 nitrogen and oxygen atoms in total. The Labute approximate surface area is 148 Å². The van der Waals surface area contributed by atoms with Crippen molar-refractivity contribution in [1.29, 1.82) is 0 Å². The number of benzene rings is 2. The normalized spacial score (nSPS) is 11.3. The van der Waals surface area contributed by atoms with Crippen LogP contribution in [0, 0.1) is 0 Å². The molecule has 0 amide bonds. The maximum atomic E-state index is 12.0. The van der Waals surface area contributed by atoms with E-state index >= 15 is 0 Å². The number of unbranched alkanes of at least 4 members (excludes halogenated alkanes) is 1. The summed E-state index contributed by atoms with van der Waals surface area (Å²) in [6.07, 6.45) is 5.31.